The van der Waals surface area contributed by atoms with Crippen molar-refractivity contribution in [1.29, 1.82) is 5.26 Å². The molecular formula is C8H9N3OS. The van der Waals surface area contributed by atoms with Crippen LogP contribution in [0.3, 0.4) is 0 Å². The van der Waals surface area contributed by atoms with Crippen LogP contribution in [0, 0.1) is 11.3 Å². The number of aliphatic imine (C=N–C) groups is 1. The second-order valence-corrected chi connectivity index (χ2v) is 2.86. The Morgan fingerprint density at radius 2 is 2.62 bits per heavy atom. The van der Waals surface area contributed by atoms with Gasteiger partial charge in [0.15, 0.2) is 0 Å². The summed E-state index contributed by atoms with van der Waals surface area (Å²) in [7, 11) is 1.65. The molecule has 0 unspecified atom stereocenters. The lowest BCUT2D eigenvalue weighted by Gasteiger charge is -2.01. The molecule has 1 heterocycles. The molecule has 0 saturated heterocycles. The first-order chi connectivity index (χ1) is 6.33. The van der Waals surface area contributed by atoms with Gasteiger partial charge in [0.2, 0.25) is 5.90 Å². The molecule has 0 aromatic carbocycles. The van der Waals surface area contributed by atoms with Gasteiger partial charge >= 0.3 is 0 Å². The van der Waals surface area contributed by atoms with Crippen molar-refractivity contribution in [3.05, 3.63) is 24.2 Å². The van der Waals surface area contributed by atoms with Gasteiger partial charge in [-0.25, -0.2) is 0 Å². The average Bonchev–Trinajstić information content (AvgIpc) is 2.92. The first kappa shape index (κ1) is 9.68. The van der Waals surface area contributed by atoms with Gasteiger partial charge in [0.1, 0.15) is 12.0 Å². The van der Waals surface area contributed by atoms with Crippen molar-refractivity contribution in [2.24, 2.45) is 4.99 Å². The molecule has 5 heteroatoms. The summed E-state index contributed by atoms with van der Waals surface area (Å²) in [6, 6.07) is 1.83. The van der Waals surface area contributed by atoms with Gasteiger partial charge in [0, 0.05) is 19.5 Å². The van der Waals surface area contributed by atoms with E-state index in [1.807, 2.05) is 22.8 Å². The van der Waals surface area contributed by atoms with Crippen LogP contribution in [-0.2, 0) is 4.74 Å². The van der Waals surface area contributed by atoms with Crippen LogP contribution in [0.4, 0.5) is 0 Å². The number of hydrogen-bond donors (Lipinski definition) is 0. The highest BCUT2D eigenvalue weighted by molar-refractivity contribution is 7.96. The second kappa shape index (κ2) is 4.58. The van der Waals surface area contributed by atoms with Crippen molar-refractivity contribution in [3.8, 4) is 6.07 Å². The SMILES string of the molecule is C/N=C(\O/C=C/C#N)C1=CN1SC. The van der Waals surface area contributed by atoms with E-state index >= 15 is 0 Å². The normalized spacial score (nSPS) is 15.6. The van der Waals surface area contributed by atoms with Gasteiger partial charge < -0.3 is 4.74 Å². The van der Waals surface area contributed by atoms with Crippen LogP contribution in [0.15, 0.2) is 29.2 Å². The molecule has 1 rings (SSSR count). The summed E-state index contributed by atoms with van der Waals surface area (Å²) >= 11 is 1.57. The Morgan fingerprint density at radius 3 is 3.08 bits per heavy atom. The van der Waals surface area contributed by atoms with Gasteiger partial charge in [-0.1, -0.05) is 0 Å². The topological polar surface area (TPSA) is 48.4 Å². The quantitative estimate of drug-likeness (QED) is 0.225. The molecule has 0 aromatic heterocycles. The molecule has 0 fully saturated rings. The van der Waals surface area contributed by atoms with Crippen LogP contribution in [0.1, 0.15) is 0 Å². The summed E-state index contributed by atoms with van der Waals surface area (Å²) in [6.07, 6.45) is 6.45. The molecule has 0 aromatic rings. The molecule has 0 amide bonds. The Morgan fingerprint density at radius 1 is 1.85 bits per heavy atom. The standard InChI is InChI=1S/C8H9N3OS/c1-10-8(12-5-3-4-9)7-6-11(7)13-2/h3,5-6H,1-2H3/b5-3+,10-8-. The number of hydrogen-bond acceptors (Lipinski definition) is 5. The maximum absolute atomic E-state index is 8.22. The summed E-state index contributed by atoms with van der Waals surface area (Å²) in [5.41, 5.74) is 0.942. The van der Waals surface area contributed by atoms with E-state index in [2.05, 4.69) is 4.99 Å². The Labute approximate surface area is 81.3 Å². The van der Waals surface area contributed by atoms with Gasteiger partial charge in [0.05, 0.1) is 12.1 Å². The number of allylic oxidation sites excluding steroid dienone is 1. The lowest BCUT2D eigenvalue weighted by Crippen LogP contribution is -2.02. The van der Waals surface area contributed by atoms with Crippen LogP contribution < -0.4 is 0 Å². The average molecular weight is 195 g/mol. The third-order valence-electron chi connectivity index (χ3n) is 1.35. The fourth-order valence-electron chi connectivity index (χ4n) is 0.739. The predicted octanol–water partition coefficient (Wildman–Crippen LogP) is 1.50. The Kier molecular flexibility index (Phi) is 3.41. The van der Waals surface area contributed by atoms with Crippen molar-refractivity contribution < 1.29 is 4.74 Å². The molecule has 13 heavy (non-hydrogen) atoms. The molecule has 68 valence electrons. The zero-order valence-electron chi connectivity index (χ0n) is 7.39. The van der Waals surface area contributed by atoms with Crippen molar-refractivity contribution in [1.82, 2.24) is 4.31 Å². The number of ether oxygens (including phenoxy) is 1. The zero-order chi connectivity index (χ0) is 9.68. The molecule has 0 aliphatic carbocycles. The van der Waals surface area contributed by atoms with Gasteiger partial charge in [0.25, 0.3) is 0 Å². The van der Waals surface area contributed by atoms with Crippen LogP contribution in [0.5, 0.6) is 0 Å². The summed E-state index contributed by atoms with van der Waals surface area (Å²) in [6.45, 7) is 0. The Bertz CT molecular complexity index is 314. The van der Waals surface area contributed by atoms with Crippen molar-refractivity contribution in [2.45, 2.75) is 0 Å². The van der Waals surface area contributed by atoms with E-state index in [0.717, 1.165) is 5.70 Å². The van der Waals surface area contributed by atoms with Crippen molar-refractivity contribution in [3.63, 3.8) is 0 Å². The summed E-state index contributed by atoms with van der Waals surface area (Å²) in [5, 5.41) is 8.22. The smallest absolute Gasteiger partial charge is 0.240 e. The molecule has 0 radical (unpaired) electrons. The highest BCUT2D eigenvalue weighted by Gasteiger charge is 2.26. The van der Waals surface area contributed by atoms with E-state index in [1.165, 1.54) is 12.3 Å². The van der Waals surface area contributed by atoms with E-state index in [9.17, 15) is 0 Å². The van der Waals surface area contributed by atoms with Crippen LogP contribution in [0.2, 0.25) is 0 Å². The predicted molar refractivity (Wildman–Crippen MR) is 52.6 cm³/mol. The van der Waals surface area contributed by atoms with Gasteiger partial charge in [-0.05, 0) is 11.9 Å². The van der Waals surface area contributed by atoms with Crippen LogP contribution >= 0.6 is 11.9 Å². The first-order valence-corrected chi connectivity index (χ1v) is 4.75. The molecule has 4 nitrogen and oxygen atoms in total. The fraction of sp³-hybridized carbons (Fsp3) is 0.250. The third kappa shape index (κ3) is 2.53. The number of rotatable bonds is 3. The number of nitrogens with zero attached hydrogens (tertiary/aromatic N) is 3. The number of nitriles is 1. The van der Waals surface area contributed by atoms with E-state index in [4.69, 9.17) is 10.00 Å². The Hall–Kier alpha value is -1.41. The zero-order valence-corrected chi connectivity index (χ0v) is 8.21. The molecule has 1 aliphatic heterocycles. The monoisotopic (exact) mass is 195 g/mol. The van der Waals surface area contributed by atoms with E-state index in [0.29, 0.717) is 5.90 Å². The maximum Gasteiger partial charge on any atom is 0.240 e. The lowest BCUT2D eigenvalue weighted by molar-refractivity contribution is 0.470. The fourth-order valence-corrected chi connectivity index (χ4v) is 1.22. The van der Waals surface area contributed by atoms with Crippen molar-refractivity contribution >= 4 is 17.8 Å². The van der Waals surface area contributed by atoms with E-state index < -0.39 is 0 Å². The summed E-state index contributed by atoms with van der Waals surface area (Å²) in [5.74, 6) is 0.529. The molecule has 0 saturated carbocycles. The lowest BCUT2D eigenvalue weighted by atomic mass is 10.6. The summed E-state index contributed by atoms with van der Waals surface area (Å²) in [4.78, 5) is 3.93. The molecule has 0 N–H and O–H groups in total. The minimum atomic E-state index is 0.529. The summed E-state index contributed by atoms with van der Waals surface area (Å²) < 4.78 is 7.04. The molecule has 0 spiro atoms. The van der Waals surface area contributed by atoms with Gasteiger partial charge in [-0.2, -0.15) is 5.26 Å². The third-order valence-corrected chi connectivity index (χ3v) is 2.05. The van der Waals surface area contributed by atoms with E-state index in [1.54, 1.807) is 19.0 Å². The van der Waals surface area contributed by atoms with Gasteiger partial charge in [-0.3, -0.25) is 9.30 Å². The molecule has 1 aliphatic rings. The van der Waals surface area contributed by atoms with Crippen LogP contribution in [-0.4, -0.2) is 23.5 Å². The first-order valence-electron chi connectivity index (χ1n) is 3.57. The second-order valence-electron chi connectivity index (χ2n) is 2.10. The minimum absolute atomic E-state index is 0.529. The maximum atomic E-state index is 8.22. The minimum Gasteiger partial charge on any atom is -0.444 e. The molecule has 0 atom stereocenters. The molecular weight excluding hydrogens is 186 g/mol. The highest BCUT2D eigenvalue weighted by Crippen LogP contribution is 2.30. The van der Waals surface area contributed by atoms with Gasteiger partial charge in [-0.15, -0.1) is 0 Å². The Balaban J connectivity index is 2.44. The molecule has 0 bridgehead atoms. The van der Waals surface area contributed by atoms with Crippen molar-refractivity contribution in [2.75, 3.05) is 13.3 Å². The highest BCUT2D eigenvalue weighted by atomic mass is 32.2. The largest absolute Gasteiger partial charge is 0.444 e. The van der Waals surface area contributed by atoms with E-state index in [-0.39, 0.29) is 0 Å². The van der Waals surface area contributed by atoms with Crippen LogP contribution in [0.25, 0.3) is 0 Å².